The molecule has 0 aliphatic rings. The van der Waals surface area contributed by atoms with Crippen molar-refractivity contribution in [2.45, 2.75) is 20.3 Å². The van der Waals surface area contributed by atoms with Crippen LogP contribution in [0.2, 0.25) is 0 Å². The number of hydrogen-bond acceptors (Lipinski definition) is 4. The van der Waals surface area contributed by atoms with Gasteiger partial charge in [0.25, 0.3) is 5.91 Å². The van der Waals surface area contributed by atoms with Crippen molar-refractivity contribution < 1.29 is 18.0 Å². The summed E-state index contributed by atoms with van der Waals surface area (Å²) in [5, 5.41) is 5.26. The summed E-state index contributed by atoms with van der Waals surface area (Å²) < 4.78 is 40.1. The quantitative estimate of drug-likeness (QED) is 0.621. The number of halogens is 3. The summed E-state index contributed by atoms with van der Waals surface area (Å²) >= 11 is 0. The number of rotatable bonds is 5. The minimum absolute atomic E-state index is 0.0516. The molecule has 0 saturated heterocycles. The molecule has 28 heavy (non-hydrogen) atoms. The number of nitrogens with one attached hydrogen (secondary N) is 2. The van der Waals surface area contributed by atoms with Crippen LogP contribution in [0.3, 0.4) is 0 Å². The Bertz CT molecular complexity index is 1020. The molecule has 144 valence electrons. The zero-order valence-electron chi connectivity index (χ0n) is 15.2. The van der Waals surface area contributed by atoms with Crippen LogP contribution in [-0.2, 0) is 6.42 Å². The highest BCUT2D eigenvalue weighted by molar-refractivity contribution is 6.03. The molecule has 3 rings (SSSR count). The Kier molecular flexibility index (Phi) is 5.58. The van der Waals surface area contributed by atoms with Gasteiger partial charge in [0.1, 0.15) is 17.3 Å². The van der Waals surface area contributed by atoms with Crippen molar-refractivity contribution in [3.8, 4) is 0 Å². The fourth-order valence-corrected chi connectivity index (χ4v) is 2.53. The maximum absolute atomic E-state index is 13.8. The first-order valence-corrected chi connectivity index (χ1v) is 8.54. The summed E-state index contributed by atoms with van der Waals surface area (Å²) in [4.78, 5) is 20.6. The highest BCUT2D eigenvalue weighted by Crippen LogP contribution is 2.21. The predicted molar refractivity (Wildman–Crippen MR) is 100 cm³/mol. The number of anilines is 3. The number of amides is 1. The van der Waals surface area contributed by atoms with Gasteiger partial charge < -0.3 is 10.6 Å². The number of benzene rings is 2. The maximum atomic E-state index is 13.8. The van der Waals surface area contributed by atoms with Gasteiger partial charge in [-0.05, 0) is 43.2 Å². The van der Waals surface area contributed by atoms with Crippen LogP contribution >= 0.6 is 0 Å². The molecular weight excluding hydrogens is 369 g/mol. The van der Waals surface area contributed by atoms with E-state index in [-0.39, 0.29) is 5.69 Å². The molecule has 1 aromatic heterocycles. The molecule has 3 aromatic rings. The van der Waals surface area contributed by atoms with E-state index in [1.807, 2.05) is 24.3 Å². The molecule has 0 unspecified atom stereocenters. The van der Waals surface area contributed by atoms with E-state index in [9.17, 15) is 18.0 Å². The molecule has 0 bridgehead atoms. The van der Waals surface area contributed by atoms with Gasteiger partial charge in [-0.15, -0.1) is 0 Å². The number of hydrogen-bond donors (Lipinski definition) is 2. The number of carbonyl (C=O) groups excluding carboxylic acids is 1. The van der Waals surface area contributed by atoms with E-state index in [1.165, 1.54) is 11.6 Å². The van der Waals surface area contributed by atoms with E-state index >= 15 is 0 Å². The summed E-state index contributed by atoms with van der Waals surface area (Å²) in [6.07, 6.45) is 0.914. The largest absolute Gasteiger partial charge is 0.340 e. The third-order valence-electron chi connectivity index (χ3n) is 3.99. The van der Waals surface area contributed by atoms with Gasteiger partial charge >= 0.3 is 0 Å². The molecule has 1 amide bonds. The van der Waals surface area contributed by atoms with Gasteiger partial charge in [-0.2, -0.15) is 0 Å². The third kappa shape index (κ3) is 4.28. The average molecular weight is 386 g/mol. The molecule has 2 aromatic carbocycles. The van der Waals surface area contributed by atoms with E-state index < -0.39 is 29.0 Å². The number of carbonyl (C=O) groups is 1. The molecule has 0 aliphatic carbocycles. The molecule has 0 radical (unpaired) electrons. The zero-order valence-corrected chi connectivity index (χ0v) is 15.2. The molecule has 0 aliphatic heterocycles. The standard InChI is InChI=1S/C20H17F3N4O/c1-3-12-4-6-13(7-5-12)26-17-10-16(24-11(2)25-17)20(28)27-15-9-8-14(21)18(22)19(15)23/h4-10H,3H2,1-2H3,(H,27,28)(H,24,25,26). The van der Waals surface area contributed by atoms with E-state index in [2.05, 4.69) is 27.5 Å². The Hall–Kier alpha value is -3.42. The topological polar surface area (TPSA) is 66.9 Å². The molecule has 5 nitrogen and oxygen atoms in total. The fourth-order valence-electron chi connectivity index (χ4n) is 2.53. The summed E-state index contributed by atoms with van der Waals surface area (Å²) in [6.45, 7) is 3.65. The van der Waals surface area contributed by atoms with Crippen LogP contribution in [0.25, 0.3) is 0 Å². The summed E-state index contributed by atoms with van der Waals surface area (Å²) in [5.74, 6) is -4.57. The smallest absolute Gasteiger partial charge is 0.274 e. The first-order valence-electron chi connectivity index (χ1n) is 8.54. The normalized spacial score (nSPS) is 10.6. The maximum Gasteiger partial charge on any atom is 0.274 e. The van der Waals surface area contributed by atoms with E-state index in [1.54, 1.807) is 6.92 Å². The number of aryl methyl sites for hydroxylation is 2. The monoisotopic (exact) mass is 386 g/mol. The lowest BCUT2D eigenvalue weighted by molar-refractivity contribution is 0.102. The second-order valence-electron chi connectivity index (χ2n) is 6.04. The molecule has 0 atom stereocenters. The van der Waals surface area contributed by atoms with Gasteiger partial charge in [-0.25, -0.2) is 23.1 Å². The Balaban J connectivity index is 1.82. The van der Waals surface area contributed by atoms with E-state index in [0.717, 1.165) is 24.2 Å². The molecule has 0 saturated carbocycles. The SMILES string of the molecule is CCc1ccc(Nc2cc(C(=O)Nc3ccc(F)c(F)c3F)nc(C)n2)cc1. The first kappa shape index (κ1) is 19.3. The average Bonchev–Trinajstić information content (AvgIpc) is 2.68. The third-order valence-corrected chi connectivity index (χ3v) is 3.99. The fraction of sp³-hybridized carbons (Fsp3) is 0.150. The van der Waals surface area contributed by atoms with Crippen LogP contribution in [0.15, 0.2) is 42.5 Å². The van der Waals surface area contributed by atoms with Crippen LogP contribution in [-0.4, -0.2) is 15.9 Å². The second kappa shape index (κ2) is 8.08. The zero-order chi connectivity index (χ0) is 20.3. The van der Waals surface area contributed by atoms with Crippen molar-refractivity contribution in [2.24, 2.45) is 0 Å². The van der Waals surface area contributed by atoms with Crippen molar-refractivity contribution >= 4 is 23.1 Å². The molecule has 2 N–H and O–H groups in total. The Morgan fingerprint density at radius 1 is 1.00 bits per heavy atom. The predicted octanol–water partition coefficient (Wildman–Crippen LogP) is 4.76. The van der Waals surface area contributed by atoms with E-state index in [0.29, 0.717) is 11.6 Å². The molecule has 8 heteroatoms. The highest BCUT2D eigenvalue weighted by Gasteiger charge is 2.17. The summed E-state index contributed by atoms with van der Waals surface area (Å²) in [5.41, 5.74) is 1.42. The van der Waals surface area contributed by atoms with Crippen molar-refractivity contribution in [3.05, 3.63) is 77.0 Å². The lowest BCUT2D eigenvalue weighted by atomic mass is 10.1. The van der Waals surface area contributed by atoms with E-state index in [4.69, 9.17) is 0 Å². The minimum atomic E-state index is -1.66. The van der Waals surface area contributed by atoms with Gasteiger partial charge in [0.05, 0.1) is 5.69 Å². The van der Waals surface area contributed by atoms with Gasteiger partial charge in [-0.1, -0.05) is 19.1 Å². The van der Waals surface area contributed by atoms with Gasteiger partial charge in [-0.3, -0.25) is 4.79 Å². The lowest BCUT2D eigenvalue weighted by Crippen LogP contribution is -2.17. The second-order valence-corrected chi connectivity index (χ2v) is 6.04. The van der Waals surface area contributed by atoms with Crippen molar-refractivity contribution in [1.29, 1.82) is 0 Å². The van der Waals surface area contributed by atoms with Crippen molar-refractivity contribution in [1.82, 2.24) is 9.97 Å². The Morgan fingerprint density at radius 2 is 1.71 bits per heavy atom. The minimum Gasteiger partial charge on any atom is -0.340 e. The Morgan fingerprint density at radius 3 is 2.39 bits per heavy atom. The van der Waals surface area contributed by atoms with Crippen LogP contribution in [0.1, 0.15) is 28.8 Å². The van der Waals surface area contributed by atoms with Crippen molar-refractivity contribution in [3.63, 3.8) is 0 Å². The van der Waals surface area contributed by atoms with Crippen LogP contribution in [0.5, 0.6) is 0 Å². The molecule has 1 heterocycles. The van der Waals surface area contributed by atoms with Crippen molar-refractivity contribution in [2.75, 3.05) is 10.6 Å². The van der Waals surface area contributed by atoms with Gasteiger partial charge in [0.2, 0.25) is 0 Å². The van der Waals surface area contributed by atoms with Crippen LogP contribution in [0, 0.1) is 24.4 Å². The summed E-state index contributed by atoms with van der Waals surface area (Å²) in [7, 11) is 0. The molecule has 0 fully saturated rings. The first-order chi connectivity index (χ1) is 13.4. The van der Waals surface area contributed by atoms with Gasteiger partial charge in [0.15, 0.2) is 17.5 Å². The lowest BCUT2D eigenvalue weighted by Gasteiger charge is -2.10. The molecular formula is C20H17F3N4O. The molecule has 0 spiro atoms. The Labute approximate surface area is 159 Å². The summed E-state index contributed by atoms with van der Waals surface area (Å²) in [6, 6.07) is 10.7. The number of aromatic nitrogens is 2. The van der Waals surface area contributed by atoms with Crippen LogP contribution in [0.4, 0.5) is 30.4 Å². The van der Waals surface area contributed by atoms with Crippen LogP contribution < -0.4 is 10.6 Å². The number of nitrogens with zero attached hydrogens (tertiary/aromatic N) is 2. The van der Waals surface area contributed by atoms with Gasteiger partial charge in [0, 0.05) is 11.8 Å². The highest BCUT2D eigenvalue weighted by atomic mass is 19.2.